The van der Waals surface area contributed by atoms with Gasteiger partial charge in [-0.1, -0.05) is 6.42 Å². The van der Waals surface area contributed by atoms with E-state index in [0.717, 1.165) is 49.4 Å². The Hall–Kier alpha value is -1.78. The molecule has 0 saturated carbocycles. The van der Waals surface area contributed by atoms with Crippen molar-refractivity contribution in [2.75, 3.05) is 24.4 Å². The number of hydrogen-bond acceptors (Lipinski definition) is 7. The van der Waals surface area contributed by atoms with E-state index in [-0.39, 0.29) is 11.2 Å². The number of anilines is 1. The molecule has 0 spiro atoms. The molecule has 1 saturated heterocycles. The van der Waals surface area contributed by atoms with Crippen molar-refractivity contribution in [1.29, 1.82) is 0 Å². The Bertz CT molecular complexity index is 883. The number of fused-ring (bicyclic) bond motifs is 1. The third kappa shape index (κ3) is 3.40. The van der Waals surface area contributed by atoms with Crippen LogP contribution < -0.4 is 9.46 Å². The van der Waals surface area contributed by atoms with Gasteiger partial charge in [0.25, 0.3) is 10.0 Å². The molecule has 4 rings (SSSR count). The fourth-order valence-corrected chi connectivity index (χ4v) is 5.31. The minimum Gasteiger partial charge on any atom is -0.493 e. The first-order valence-electron chi connectivity index (χ1n) is 8.54. The van der Waals surface area contributed by atoms with E-state index in [4.69, 9.17) is 4.74 Å². The average molecular weight is 398 g/mol. The molecule has 140 valence electrons. The molecule has 10 heteroatoms. The number of sulfonamides is 1. The van der Waals surface area contributed by atoms with Crippen LogP contribution in [-0.4, -0.2) is 42.4 Å². The second-order valence-electron chi connectivity index (χ2n) is 6.42. The highest BCUT2D eigenvalue weighted by Crippen LogP contribution is 2.39. The van der Waals surface area contributed by atoms with E-state index in [0.29, 0.717) is 12.4 Å². The Kier molecular flexibility index (Phi) is 4.80. The summed E-state index contributed by atoms with van der Waals surface area (Å²) in [5, 5.41) is 0.0919. The molecule has 1 fully saturated rings. The predicted molar refractivity (Wildman–Crippen MR) is 95.4 cm³/mol. The molecular formula is C16H19FN4O3S2. The van der Waals surface area contributed by atoms with Gasteiger partial charge < -0.3 is 4.74 Å². The number of benzene rings is 1. The van der Waals surface area contributed by atoms with Crippen molar-refractivity contribution in [3.63, 3.8) is 0 Å². The third-order valence-corrected chi connectivity index (χ3v) is 6.84. The molecule has 0 radical (unpaired) electrons. The zero-order valence-electron chi connectivity index (χ0n) is 14.0. The average Bonchev–Trinajstić information content (AvgIpc) is 3.13. The van der Waals surface area contributed by atoms with E-state index < -0.39 is 20.7 Å². The molecule has 0 amide bonds. The molecule has 2 aliphatic rings. The van der Waals surface area contributed by atoms with E-state index in [1.807, 2.05) is 0 Å². The smallest absolute Gasteiger partial charge is 0.266 e. The van der Waals surface area contributed by atoms with Crippen molar-refractivity contribution in [2.45, 2.75) is 36.6 Å². The number of hydrogen-bond donors (Lipinski definition) is 1. The summed E-state index contributed by atoms with van der Waals surface area (Å²) < 4.78 is 51.4. The largest absolute Gasteiger partial charge is 0.493 e. The van der Waals surface area contributed by atoms with Crippen LogP contribution in [0.4, 0.5) is 9.52 Å². The Morgan fingerprint density at radius 1 is 1.27 bits per heavy atom. The van der Waals surface area contributed by atoms with E-state index in [1.165, 1.54) is 24.9 Å². The molecule has 0 bridgehead atoms. The molecule has 2 aliphatic heterocycles. The van der Waals surface area contributed by atoms with Gasteiger partial charge in [-0.25, -0.2) is 17.8 Å². The highest BCUT2D eigenvalue weighted by atomic mass is 32.2. The molecule has 26 heavy (non-hydrogen) atoms. The van der Waals surface area contributed by atoms with Crippen molar-refractivity contribution in [3.8, 4) is 5.75 Å². The van der Waals surface area contributed by atoms with E-state index in [1.54, 1.807) is 0 Å². The van der Waals surface area contributed by atoms with Crippen molar-refractivity contribution in [1.82, 2.24) is 14.3 Å². The lowest BCUT2D eigenvalue weighted by Crippen LogP contribution is -2.36. The number of nitrogens with one attached hydrogen (secondary N) is 1. The van der Waals surface area contributed by atoms with Crippen LogP contribution in [0.5, 0.6) is 5.75 Å². The topological polar surface area (TPSA) is 84.4 Å². The summed E-state index contributed by atoms with van der Waals surface area (Å²) in [5.41, 5.74) is 0.727. The molecular weight excluding hydrogens is 379 g/mol. The summed E-state index contributed by atoms with van der Waals surface area (Å²) in [6.07, 6.45) is 5.50. The van der Waals surface area contributed by atoms with Crippen molar-refractivity contribution in [3.05, 3.63) is 29.8 Å². The van der Waals surface area contributed by atoms with E-state index in [2.05, 4.69) is 19.0 Å². The van der Waals surface area contributed by atoms with Crippen LogP contribution in [0.15, 0.2) is 23.4 Å². The first kappa shape index (κ1) is 17.6. The van der Waals surface area contributed by atoms with Gasteiger partial charge in [0.15, 0.2) is 0 Å². The number of halogens is 1. The number of likely N-dealkylation sites (tertiary alicyclic amines) is 1. The number of nitrogens with zero attached hydrogens (tertiary/aromatic N) is 3. The highest BCUT2D eigenvalue weighted by Gasteiger charge is 2.31. The second kappa shape index (κ2) is 7.09. The summed E-state index contributed by atoms with van der Waals surface area (Å²) in [5.74, 6) is -0.348. The van der Waals surface area contributed by atoms with Crippen LogP contribution in [0.25, 0.3) is 0 Å². The van der Waals surface area contributed by atoms with Gasteiger partial charge in [-0.2, -0.15) is 4.37 Å². The van der Waals surface area contributed by atoms with Crippen LogP contribution in [0.2, 0.25) is 0 Å². The van der Waals surface area contributed by atoms with Gasteiger partial charge in [0, 0.05) is 35.6 Å². The SMILES string of the molecule is O=S(=O)(Nc1ncns1)c1cc2c(cc1F)[C@H](N1CCCCC1)CCO2. The van der Waals surface area contributed by atoms with Crippen LogP contribution in [0.3, 0.4) is 0 Å². The molecule has 2 aromatic rings. The maximum absolute atomic E-state index is 14.7. The van der Waals surface area contributed by atoms with Gasteiger partial charge >= 0.3 is 0 Å². The molecule has 1 aromatic carbocycles. The molecule has 7 nitrogen and oxygen atoms in total. The minimum atomic E-state index is -4.10. The Balaban J connectivity index is 1.67. The second-order valence-corrected chi connectivity index (χ2v) is 8.85. The fourth-order valence-electron chi connectivity index (χ4n) is 3.57. The lowest BCUT2D eigenvalue weighted by Gasteiger charge is -2.38. The normalized spacial score (nSPS) is 21.0. The Labute approximate surface area is 155 Å². The maximum Gasteiger partial charge on any atom is 0.266 e. The van der Waals surface area contributed by atoms with Crippen LogP contribution in [-0.2, 0) is 10.0 Å². The quantitative estimate of drug-likeness (QED) is 0.853. The minimum absolute atomic E-state index is 0.0708. The first-order valence-corrected chi connectivity index (χ1v) is 10.8. The summed E-state index contributed by atoms with van der Waals surface area (Å²) in [7, 11) is -4.10. The molecule has 0 aliphatic carbocycles. The van der Waals surface area contributed by atoms with Gasteiger partial charge in [-0.05, 0) is 32.0 Å². The van der Waals surface area contributed by atoms with Gasteiger partial charge in [0.1, 0.15) is 22.8 Å². The summed E-state index contributed by atoms with van der Waals surface area (Å²) >= 11 is 0.887. The molecule has 0 unspecified atom stereocenters. The lowest BCUT2D eigenvalue weighted by molar-refractivity contribution is 0.118. The number of aromatic nitrogens is 2. The summed E-state index contributed by atoms with van der Waals surface area (Å²) in [6.45, 7) is 2.44. The van der Waals surface area contributed by atoms with Crippen LogP contribution >= 0.6 is 11.5 Å². The third-order valence-electron chi connectivity index (χ3n) is 4.78. The van der Waals surface area contributed by atoms with E-state index >= 15 is 0 Å². The zero-order chi connectivity index (χ0) is 18.1. The monoisotopic (exact) mass is 398 g/mol. The summed E-state index contributed by atoms with van der Waals surface area (Å²) in [4.78, 5) is 5.68. The van der Waals surface area contributed by atoms with Crippen LogP contribution in [0.1, 0.15) is 37.3 Å². The number of ether oxygens (including phenoxy) is 1. The predicted octanol–water partition coefficient (Wildman–Crippen LogP) is 2.79. The van der Waals surface area contributed by atoms with Gasteiger partial charge in [-0.15, -0.1) is 0 Å². The standard InChI is InChI=1S/C16H19FN4O3S2/c17-12-8-11-13(21-5-2-1-3-6-21)4-7-24-14(11)9-15(12)26(22,23)20-16-18-10-19-25-16/h8-10,13H,1-7H2,(H,18,19,20)/t13-/m1/s1. The zero-order valence-corrected chi connectivity index (χ0v) is 15.7. The van der Waals surface area contributed by atoms with Crippen molar-refractivity contribution >= 4 is 26.7 Å². The van der Waals surface area contributed by atoms with Crippen LogP contribution in [0, 0.1) is 5.82 Å². The lowest BCUT2D eigenvalue weighted by atomic mass is 9.96. The Morgan fingerprint density at radius 2 is 2.08 bits per heavy atom. The van der Waals surface area contributed by atoms with E-state index in [9.17, 15) is 12.8 Å². The van der Waals surface area contributed by atoms with Gasteiger partial charge in [-0.3, -0.25) is 9.62 Å². The van der Waals surface area contributed by atoms with Crippen molar-refractivity contribution < 1.29 is 17.5 Å². The number of rotatable bonds is 4. The summed E-state index contributed by atoms with van der Waals surface area (Å²) in [6, 6.07) is 2.66. The van der Waals surface area contributed by atoms with Crippen molar-refractivity contribution in [2.24, 2.45) is 0 Å². The molecule has 3 heterocycles. The fraction of sp³-hybridized carbons (Fsp3) is 0.500. The van der Waals surface area contributed by atoms with Gasteiger partial charge in [0.2, 0.25) is 5.13 Å². The first-order chi connectivity index (χ1) is 12.5. The molecule has 1 atom stereocenters. The maximum atomic E-state index is 14.7. The van der Waals surface area contributed by atoms with Gasteiger partial charge in [0.05, 0.1) is 6.61 Å². The Morgan fingerprint density at radius 3 is 2.81 bits per heavy atom. The number of piperidine rings is 1. The molecule has 1 N–H and O–H groups in total. The molecule has 1 aromatic heterocycles. The highest BCUT2D eigenvalue weighted by molar-refractivity contribution is 7.93.